The van der Waals surface area contributed by atoms with Crippen molar-refractivity contribution in [3.63, 3.8) is 0 Å². The topological polar surface area (TPSA) is 75.6 Å². The predicted octanol–water partition coefficient (Wildman–Crippen LogP) is 5.17. The molecule has 0 spiro atoms. The van der Waals surface area contributed by atoms with Gasteiger partial charge in [-0.1, -0.05) is 62.4 Å². The number of nitrogens with one attached hydrogen (secondary N) is 1. The number of fused-ring (bicyclic) bond motifs is 1. The average molecular weight is 398 g/mol. The van der Waals surface area contributed by atoms with Crippen LogP contribution in [-0.2, 0) is 4.79 Å². The molecule has 2 aromatic rings. The molecular formula is C24H31NO4. The second kappa shape index (κ2) is 9.29. The van der Waals surface area contributed by atoms with E-state index in [1.54, 1.807) is 6.07 Å². The average Bonchev–Trinajstić information content (AvgIpc) is 2.71. The molecule has 0 atom stereocenters. The molecular weight excluding hydrogens is 366 g/mol. The fraction of sp³-hybridized carbons (Fsp3) is 0.500. The summed E-state index contributed by atoms with van der Waals surface area (Å²) in [6, 6.07) is 11.4. The molecule has 1 aliphatic rings. The van der Waals surface area contributed by atoms with Crippen LogP contribution < -0.4 is 10.1 Å². The molecule has 2 aromatic carbocycles. The van der Waals surface area contributed by atoms with Gasteiger partial charge in [0, 0.05) is 5.39 Å². The number of carbonyl (C=O) groups is 2. The molecule has 0 radical (unpaired) electrons. The Morgan fingerprint density at radius 2 is 1.83 bits per heavy atom. The van der Waals surface area contributed by atoms with Crippen LogP contribution in [-0.4, -0.2) is 29.1 Å². The Labute approximate surface area is 172 Å². The summed E-state index contributed by atoms with van der Waals surface area (Å²) < 4.78 is 6.13. The third-order valence-electron chi connectivity index (χ3n) is 5.81. The largest absolute Gasteiger partial charge is 0.492 e. The van der Waals surface area contributed by atoms with E-state index in [-0.39, 0.29) is 0 Å². The summed E-state index contributed by atoms with van der Waals surface area (Å²) in [5.74, 6) is -0.198. The summed E-state index contributed by atoms with van der Waals surface area (Å²) in [5.41, 5.74) is -0.989. The molecule has 1 saturated carbocycles. The Kier molecular flexibility index (Phi) is 6.78. The van der Waals surface area contributed by atoms with Gasteiger partial charge in [-0.05, 0) is 44.1 Å². The minimum absolute atomic E-state index is 0.371. The van der Waals surface area contributed by atoms with Crippen LogP contribution in [0.2, 0.25) is 0 Å². The van der Waals surface area contributed by atoms with Crippen molar-refractivity contribution in [1.82, 2.24) is 5.32 Å². The summed E-state index contributed by atoms with van der Waals surface area (Å²) in [5, 5.41) is 13.8. The maximum Gasteiger partial charge on any atom is 0.328 e. The maximum atomic E-state index is 12.9. The smallest absolute Gasteiger partial charge is 0.328 e. The van der Waals surface area contributed by atoms with Crippen LogP contribution in [0.15, 0.2) is 36.4 Å². The zero-order valence-electron chi connectivity index (χ0n) is 17.4. The highest BCUT2D eigenvalue weighted by atomic mass is 16.5. The van der Waals surface area contributed by atoms with Gasteiger partial charge in [0.25, 0.3) is 5.91 Å². The van der Waals surface area contributed by atoms with Crippen molar-refractivity contribution in [2.45, 2.75) is 64.3 Å². The molecule has 0 aromatic heterocycles. The molecule has 29 heavy (non-hydrogen) atoms. The SMILES string of the molecule is CC(C)(NC(=O)c1ccc2ccccc2c1OCCCC1CCCCC1)C(=O)O. The molecule has 1 amide bonds. The molecule has 3 rings (SSSR count). The number of carboxylic acids is 1. The van der Waals surface area contributed by atoms with Crippen molar-refractivity contribution in [3.05, 3.63) is 42.0 Å². The molecule has 5 heteroatoms. The molecule has 0 unspecified atom stereocenters. The molecule has 1 aliphatic carbocycles. The number of hydrogen-bond donors (Lipinski definition) is 2. The lowest BCUT2D eigenvalue weighted by molar-refractivity contribution is -0.143. The van der Waals surface area contributed by atoms with Crippen LogP contribution in [0.5, 0.6) is 5.75 Å². The molecule has 5 nitrogen and oxygen atoms in total. The Balaban J connectivity index is 1.76. The van der Waals surface area contributed by atoms with Crippen molar-refractivity contribution in [1.29, 1.82) is 0 Å². The number of rotatable bonds is 8. The molecule has 156 valence electrons. The van der Waals surface area contributed by atoms with E-state index in [9.17, 15) is 14.7 Å². The van der Waals surface area contributed by atoms with Gasteiger partial charge in [-0.25, -0.2) is 4.79 Å². The minimum Gasteiger partial charge on any atom is -0.492 e. The number of ether oxygens (including phenoxy) is 1. The fourth-order valence-electron chi connectivity index (χ4n) is 4.00. The van der Waals surface area contributed by atoms with Gasteiger partial charge in [0.15, 0.2) is 0 Å². The first-order valence-electron chi connectivity index (χ1n) is 10.6. The summed E-state index contributed by atoms with van der Waals surface area (Å²) in [6.45, 7) is 3.49. The molecule has 1 fully saturated rings. The predicted molar refractivity (Wildman–Crippen MR) is 114 cm³/mol. The van der Waals surface area contributed by atoms with Crippen LogP contribution >= 0.6 is 0 Å². The minimum atomic E-state index is -1.36. The normalized spacial score (nSPS) is 15.2. The van der Waals surface area contributed by atoms with Gasteiger partial charge in [-0.15, -0.1) is 0 Å². The van der Waals surface area contributed by atoms with Crippen LogP contribution in [0.4, 0.5) is 0 Å². The van der Waals surface area contributed by atoms with E-state index in [2.05, 4.69) is 5.32 Å². The standard InChI is InChI=1S/C24H31NO4/c1-24(2,23(27)28)25-22(26)20-15-14-18-12-6-7-13-19(18)21(20)29-16-8-11-17-9-4-3-5-10-17/h6-7,12-15,17H,3-5,8-11,16H2,1-2H3,(H,25,26)(H,27,28). The van der Waals surface area contributed by atoms with Crippen LogP contribution in [0.3, 0.4) is 0 Å². The zero-order chi connectivity index (χ0) is 20.9. The third kappa shape index (κ3) is 5.28. The Hall–Kier alpha value is -2.56. The highest BCUT2D eigenvalue weighted by molar-refractivity contribution is 6.05. The lowest BCUT2D eigenvalue weighted by atomic mass is 9.86. The highest BCUT2D eigenvalue weighted by Crippen LogP contribution is 2.31. The van der Waals surface area contributed by atoms with Gasteiger partial charge in [0.2, 0.25) is 0 Å². The summed E-state index contributed by atoms with van der Waals surface area (Å²) in [7, 11) is 0. The number of aliphatic carboxylic acids is 1. The monoisotopic (exact) mass is 397 g/mol. The van der Waals surface area contributed by atoms with Crippen LogP contribution in [0.25, 0.3) is 10.8 Å². The van der Waals surface area contributed by atoms with Gasteiger partial charge in [-0.3, -0.25) is 4.79 Å². The van der Waals surface area contributed by atoms with E-state index in [1.165, 1.54) is 46.0 Å². The van der Waals surface area contributed by atoms with Gasteiger partial charge >= 0.3 is 5.97 Å². The van der Waals surface area contributed by atoms with E-state index < -0.39 is 17.4 Å². The first-order chi connectivity index (χ1) is 13.9. The lowest BCUT2D eigenvalue weighted by Crippen LogP contribution is -2.49. The van der Waals surface area contributed by atoms with Crippen LogP contribution in [0.1, 0.15) is 69.2 Å². The van der Waals surface area contributed by atoms with Gasteiger partial charge in [0.1, 0.15) is 11.3 Å². The van der Waals surface area contributed by atoms with Gasteiger partial charge in [0.05, 0.1) is 12.2 Å². The molecule has 0 aliphatic heterocycles. The van der Waals surface area contributed by atoms with Gasteiger partial charge < -0.3 is 15.2 Å². The van der Waals surface area contributed by atoms with E-state index in [0.29, 0.717) is 17.9 Å². The van der Waals surface area contributed by atoms with E-state index in [0.717, 1.165) is 29.5 Å². The third-order valence-corrected chi connectivity index (χ3v) is 5.81. The molecule has 0 bridgehead atoms. The summed E-state index contributed by atoms with van der Waals surface area (Å²) in [4.78, 5) is 24.3. The second-order valence-electron chi connectivity index (χ2n) is 8.54. The fourth-order valence-corrected chi connectivity index (χ4v) is 4.00. The first-order valence-corrected chi connectivity index (χ1v) is 10.6. The maximum absolute atomic E-state index is 12.9. The Morgan fingerprint density at radius 1 is 1.10 bits per heavy atom. The van der Waals surface area contributed by atoms with Crippen molar-refractivity contribution in [2.75, 3.05) is 6.61 Å². The number of benzene rings is 2. The number of hydrogen-bond acceptors (Lipinski definition) is 3. The number of carboxylic acid groups (broad SMARTS) is 1. The van der Waals surface area contributed by atoms with E-state index in [1.807, 2.05) is 30.3 Å². The quantitative estimate of drug-likeness (QED) is 0.603. The Bertz CT molecular complexity index is 868. The summed E-state index contributed by atoms with van der Waals surface area (Å²) in [6.07, 6.45) is 8.75. The van der Waals surface area contributed by atoms with Crippen molar-refractivity contribution in [2.24, 2.45) is 5.92 Å². The highest BCUT2D eigenvalue weighted by Gasteiger charge is 2.30. The van der Waals surface area contributed by atoms with Crippen molar-refractivity contribution >= 4 is 22.6 Å². The Morgan fingerprint density at radius 3 is 2.55 bits per heavy atom. The second-order valence-corrected chi connectivity index (χ2v) is 8.54. The zero-order valence-corrected chi connectivity index (χ0v) is 17.4. The molecule has 0 saturated heterocycles. The van der Waals surface area contributed by atoms with Gasteiger partial charge in [-0.2, -0.15) is 0 Å². The lowest BCUT2D eigenvalue weighted by Gasteiger charge is -2.23. The van der Waals surface area contributed by atoms with Crippen molar-refractivity contribution in [3.8, 4) is 5.75 Å². The number of carbonyl (C=O) groups excluding carboxylic acids is 1. The summed E-state index contributed by atoms with van der Waals surface area (Å²) >= 11 is 0. The van der Waals surface area contributed by atoms with Crippen molar-refractivity contribution < 1.29 is 19.4 Å². The van der Waals surface area contributed by atoms with Crippen LogP contribution in [0, 0.1) is 5.92 Å². The number of amides is 1. The van der Waals surface area contributed by atoms with E-state index >= 15 is 0 Å². The molecule has 0 heterocycles. The van der Waals surface area contributed by atoms with E-state index in [4.69, 9.17) is 4.74 Å². The first kappa shape index (κ1) is 21.2. The molecule has 2 N–H and O–H groups in total.